The van der Waals surface area contributed by atoms with Crippen LogP contribution in [0.25, 0.3) is 11.0 Å². The molecular weight excluding hydrogens is 354 g/mol. The Morgan fingerprint density at radius 2 is 1.75 bits per heavy atom. The van der Waals surface area contributed by atoms with E-state index in [0.29, 0.717) is 31.1 Å². The number of aryl methyl sites for hydroxylation is 2. The maximum Gasteiger partial charge on any atom is 0.161 e. The van der Waals surface area contributed by atoms with Crippen LogP contribution in [0.5, 0.6) is 11.5 Å². The van der Waals surface area contributed by atoms with E-state index in [1.165, 1.54) is 5.56 Å². The van der Waals surface area contributed by atoms with Crippen LogP contribution in [0.4, 0.5) is 0 Å². The van der Waals surface area contributed by atoms with E-state index in [4.69, 9.17) is 13.9 Å². The summed E-state index contributed by atoms with van der Waals surface area (Å²) in [5.74, 6) is 2.34. The zero-order chi connectivity index (χ0) is 20.3. The quantitative estimate of drug-likeness (QED) is 0.623. The van der Waals surface area contributed by atoms with Crippen molar-refractivity contribution in [2.45, 2.75) is 40.0 Å². The summed E-state index contributed by atoms with van der Waals surface area (Å²) in [6.45, 7) is 7.82. The van der Waals surface area contributed by atoms with Gasteiger partial charge in [0, 0.05) is 18.5 Å². The van der Waals surface area contributed by atoms with Gasteiger partial charge in [0.15, 0.2) is 11.5 Å². The molecule has 0 saturated heterocycles. The lowest BCUT2D eigenvalue weighted by Gasteiger charge is -2.23. The topological polar surface area (TPSA) is 55.1 Å². The third-order valence-electron chi connectivity index (χ3n) is 4.93. The van der Waals surface area contributed by atoms with E-state index < -0.39 is 6.10 Å². The third-order valence-corrected chi connectivity index (χ3v) is 4.93. The zero-order valence-electron chi connectivity index (χ0n) is 17.3. The monoisotopic (exact) mass is 383 g/mol. The molecule has 5 nitrogen and oxygen atoms in total. The van der Waals surface area contributed by atoms with Gasteiger partial charge in [-0.15, -0.1) is 0 Å². The Morgan fingerprint density at radius 3 is 2.43 bits per heavy atom. The molecule has 1 heterocycles. The number of ether oxygens (including phenoxy) is 2. The SMILES string of the molecule is COc1ccc(CN(Cc2oc3ccc(C)cc3c2C)C[C@@H](C)O)cc1OC. The van der Waals surface area contributed by atoms with Gasteiger partial charge in [0.25, 0.3) is 0 Å². The molecule has 0 aliphatic heterocycles. The molecular formula is C23H29NO4. The van der Waals surface area contributed by atoms with Gasteiger partial charge < -0.3 is 19.0 Å². The molecule has 3 aromatic rings. The van der Waals surface area contributed by atoms with Crippen LogP contribution in [0.3, 0.4) is 0 Å². The van der Waals surface area contributed by atoms with E-state index in [2.05, 4.69) is 30.9 Å². The smallest absolute Gasteiger partial charge is 0.161 e. The molecule has 28 heavy (non-hydrogen) atoms. The van der Waals surface area contributed by atoms with Gasteiger partial charge in [-0.2, -0.15) is 0 Å². The molecule has 0 fully saturated rings. The maximum absolute atomic E-state index is 9.99. The van der Waals surface area contributed by atoms with Crippen molar-refractivity contribution >= 4 is 11.0 Å². The number of benzene rings is 2. The molecule has 2 aromatic carbocycles. The minimum atomic E-state index is -0.438. The van der Waals surface area contributed by atoms with E-state index in [1.807, 2.05) is 24.3 Å². The Bertz CT molecular complexity index is 945. The molecule has 0 spiro atoms. The van der Waals surface area contributed by atoms with Crippen molar-refractivity contribution in [3.63, 3.8) is 0 Å². The van der Waals surface area contributed by atoms with Crippen LogP contribution in [0.15, 0.2) is 40.8 Å². The van der Waals surface area contributed by atoms with Crippen LogP contribution in [-0.4, -0.2) is 36.9 Å². The van der Waals surface area contributed by atoms with E-state index in [0.717, 1.165) is 27.9 Å². The van der Waals surface area contributed by atoms with Crippen LogP contribution in [-0.2, 0) is 13.1 Å². The molecule has 150 valence electrons. The minimum absolute atomic E-state index is 0.438. The third kappa shape index (κ3) is 4.49. The maximum atomic E-state index is 9.99. The lowest BCUT2D eigenvalue weighted by Crippen LogP contribution is -2.30. The van der Waals surface area contributed by atoms with Crippen LogP contribution in [0.1, 0.15) is 29.4 Å². The molecule has 5 heteroatoms. The van der Waals surface area contributed by atoms with Gasteiger partial charge in [0.05, 0.1) is 26.9 Å². The highest BCUT2D eigenvalue weighted by molar-refractivity contribution is 5.82. The first-order chi connectivity index (χ1) is 13.4. The number of hydrogen-bond donors (Lipinski definition) is 1. The van der Waals surface area contributed by atoms with Crippen LogP contribution in [0.2, 0.25) is 0 Å². The summed E-state index contributed by atoms with van der Waals surface area (Å²) in [4.78, 5) is 2.18. The van der Waals surface area contributed by atoms with Crippen molar-refractivity contribution in [3.05, 3.63) is 58.8 Å². The average Bonchev–Trinajstić information content (AvgIpc) is 2.96. The van der Waals surface area contributed by atoms with Gasteiger partial charge in [-0.05, 0) is 56.2 Å². The Hall–Kier alpha value is -2.50. The second-order valence-electron chi connectivity index (χ2n) is 7.36. The second-order valence-corrected chi connectivity index (χ2v) is 7.36. The Kier molecular flexibility index (Phi) is 6.27. The summed E-state index contributed by atoms with van der Waals surface area (Å²) < 4.78 is 16.9. The molecule has 1 N–H and O–H groups in total. The standard InChI is InChI=1S/C23H29NO4/c1-15-6-8-20-19(10-15)17(3)23(28-20)14-24(12-16(2)25)13-18-7-9-21(26-4)22(11-18)27-5/h6-11,16,25H,12-14H2,1-5H3/t16-/m1/s1. The first kappa shape index (κ1) is 20.2. The summed E-state index contributed by atoms with van der Waals surface area (Å²) in [6, 6.07) is 12.1. The highest BCUT2D eigenvalue weighted by Crippen LogP contribution is 2.30. The minimum Gasteiger partial charge on any atom is -0.493 e. The molecule has 0 amide bonds. The Balaban J connectivity index is 1.86. The number of hydrogen-bond acceptors (Lipinski definition) is 5. The van der Waals surface area contributed by atoms with Crippen molar-refractivity contribution in [1.29, 1.82) is 0 Å². The Morgan fingerprint density at radius 1 is 1.00 bits per heavy atom. The number of methoxy groups -OCH3 is 2. The molecule has 0 aliphatic carbocycles. The number of fused-ring (bicyclic) bond motifs is 1. The van der Waals surface area contributed by atoms with Gasteiger partial charge in [-0.25, -0.2) is 0 Å². The van der Waals surface area contributed by atoms with Crippen molar-refractivity contribution in [2.75, 3.05) is 20.8 Å². The van der Waals surface area contributed by atoms with Crippen LogP contribution in [0, 0.1) is 13.8 Å². The normalized spacial score (nSPS) is 12.5. The second kappa shape index (κ2) is 8.67. The summed E-state index contributed by atoms with van der Waals surface area (Å²) in [7, 11) is 3.26. The lowest BCUT2D eigenvalue weighted by atomic mass is 10.1. The van der Waals surface area contributed by atoms with Crippen molar-refractivity contribution < 1.29 is 19.0 Å². The summed E-state index contributed by atoms with van der Waals surface area (Å²) in [6.07, 6.45) is -0.438. The predicted molar refractivity (Wildman–Crippen MR) is 111 cm³/mol. The van der Waals surface area contributed by atoms with Gasteiger partial charge in [0.1, 0.15) is 11.3 Å². The summed E-state index contributed by atoms with van der Waals surface area (Å²) in [5.41, 5.74) is 4.36. The molecule has 0 saturated carbocycles. The molecule has 0 radical (unpaired) electrons. The average molecular weight is 383 g/mol. The first-order valence-electron chi connectivity index (χ1n) is 9.51. The fraction of sp³-hybridized carbons (Fsp3) is 0.391. The highest BCUT2D eigenvalue weighted by atomic mass is 16.5. The van der Waals surface area contributed by atoms with Gasteiger partial charge in [-0.3, -0.25) is 4.90 Å². The first-order valence-corrected chi connectivity index (χ1v) is 9.51. The summed E-state index contributed by atoms with van der Waals surface area (Å²) >= 11 is 0. The number of aliphatic hydroxyl groups is 1. The van der Waals surface area contributed by atoms with Crippen LogP contribution < -0.4 is 9.47 Å². The zero-order valence-corrected chi connectivity index (χ0v) is 17.3. The van der Waals surface area contributed by atoms with E-state index in [9.17, 15) is 5.11 Å². The predicted octanol–water partition coefficient (Wildman–Crippen LogP) is 4.45. The number of aliphatic hydroxyl groups excluding tert-OH is 1. The summed E-state index contributed by atoms with van der Waals surface area (Å²) in [5, 5.41) is 11.1. The Labute approximate surface area is 166 Å². The number of nitrogens with zero attached hydrogens (tertiary/aromatic N) is 1. The molecule has 1 aromatic heterocycles. The fourth-order valence-electron chi connectivity index (χ4n) is 3.54. The molecule has 0 aliphatic rings. The van der Waals surface area contributed by atoms with Gasteiger partial charge in [-0.1, -0.05) is 17.7 Å². The molecule has 3 rings (SSSR count). The van der Waals surface area contributed by atoms with Gasteiger partial charge >= 0.3 is 0 Å². The van der Waals surface area contributed by atoms with Gasteiger partial charge in [0.2, 0.25) is 0 Å². The largest absolute Gasteiger partial charge is 0.493 e. The van der Waals surface area contributed by atoms with E-state index >= 15 is 0 Å². The highest BCUT2D eigenvalue weighted by Gasteiger charge is 2.17. The molecule has 0 unspecified atom stereocenters. The van der Waals surface area contributed by atoms with E-state index in [-0.39, 0.29) is 0 Å². The lowest BCUT2D eigenvalue weighted by molar-refractivity contribution is 0.113. The molecule has 0 bridgehead atoms. The number of rotatable bonds is 8. The van der Waals surface area contributed by atoms with Crippen molar-refractivity contribution in [1.82, 2.24) is 4.90 Å². The van der Waals surface area contributed by atoms with Crippen molar-refractivity contribution in [2.24, 2.45) is 0 Å². The fourth-order valence-corrected chi connectivity index (χ4v) is 3.54. The van der Waals surface area contributed by atoms with Crippen LogP contribution >= 0.6 is 0 Å². The molecule has 1 atom stereocenters. The number of furan rings is 1. The van der Waals surface area contributed by atoms with E-state index in [1.54, 1.807) is 21.1 Å². The van der Waals surface area contributed by atoms with Crippen molar-refractivity contribution in [3.8, 4) is 11.5 Å².